The Bertz CT molecular complexity index is 869. The minimum Gasteiger partial charge on any atom is -0.309 e. The lowest BCUT2D eigenvalue weighted by Crippen LogP contribution is -2.55. The van der Waals surface area contributed by atoms with Gasteiger partial charge in [0.1, 0.15) is 5.82 Å². The predicted octanol–water partition coefficient (Wildman–Crippen LogP) is 4.01. The maximum absolute atomic E-state index is 13.3. The summed E-state index contributed by atoms with van der Waals surface area (Å²) < 4.78 is 2.85. The first-order valence-electron chi connectivity index (χ1n) is 10.1. The molecule has 5 nitrogen and oxygen atoms in total. The summed E-state index contributed by atoms with van der Waals surface area (Å²) in [5, 5.41) is 4.33. The SMILES string of the molecule is CCCC(c1nc2ccc(Br)c(C)c2c(=O)n1CC)N1C[C@@H](C)N[C@@H](C)C1. The molecule has 1 unspecified atom stereocenters. The molecule has 1 saturated heterocycles. The second-order valence-corrected chi connectivity index (χ2v) is 8.67. The van der Waals surface area contributed by atoms with E-state index < -0.39 is 0 Å². The van der Waals surface area contributed by atoms with Crippen LogP contribution in [0.15, 0.2) is 21.4 Å². The lowest BCUT2D eigenvalue weighted by molar-refractivity contribution is 0.109. The molecule has 1 aromatic carbocycles. The van der Waals surface area contributed by atoms with E-state index in [2.05, 4.69) is 46.9 Å². The van der Waals surface area contributed by atoms with Crippen molar-refractivity contribution in [2.24, 2.45) is 0 Å². The summed E-state index contributed by atoms with van der Waals surface area (Å²) in [6.07, 6.45) is 2.07. The second-order valence-electron chi connectivity index (χ2n) is 7.81. The number of hydrogen-bond acceptors (Lipinski definition) is 4. The molecule has 1 aliphatic heterocycles. The van der Waals surface area contributed by atoms with Gasteiger partial charge in [0.05, 0.1) is 16.9 Å². The number of hydrogen-bond donors (Lipinski definition) is 1. The molecule has 2 heterocycles. The zero-order valence-corrected chi connectivity index (χ0v) is 18.6. The molecule has 148 valence electrons. The average Bonchev–Trinajstić information content (AvgIpc) is 2.61. The van der Waals surface area contributed by atoms with Crippen LogP contribution in [0.1, 0.15) is 58.0 Å². The Labute approximate surface area is 170 Å². The van der Waals surface area contributed by atoms with Crippen LogP contribution in [0.2, 0.25) is 0 Å². The van der Waals surface area contributed by atoms with Gasteiger partial charge in [-0.1, -0.05) is 29.3 Å². The standard InChI is InChI=1S/C21H31BrN4O/c1-6-8-18(25-11-13(3)23-14(4)12-25)20-24-17-10-9-16(22)15(5)19(17)21(27)26(20)7-2/h9-10,13-14,18,23H,6-8,11-12H2,1-5H3/t13-,14+,18?. The monoisotopic (exact) mass is 434 g/mol. The first kappa shape index (κ1) is 20.5. The van der Waals surface area contributed by atoms with Crippen molar-refractivity contribution in [1.29, 1.82) is 0 Å². The van der Waals surface area contributed by atoms with E-state index in [9.17, 15) is 4.79 Å². The quantitative estimate of drug-likeness (QED) is 0.771. The molecule has 0 saturated carbocycles. The maximum atomic E-state index is 13.3. The van der Waals surface area contributed by atoms with E-state index in [0.29, 0.717) is 18.6 Å². The van der Waals surface area contributed by atoms with E-state index in [4.69, 9.17) is 4.98 Å². The summed E-state index contributed by atoms with van der Waals surface area (Å²) in [6.45, 7) is 13.3. The van der Waals surface area contributed by atoms with Crippen LogP contribution in [-0.4, -0.2) is 39.6 Å². The third-order valence-electron chi connectivity index (χ3n) is 5.55. The number of aromatic nitrogens is 2. The van der Waals surface area contributed by atoms with Crippen molar-refractivity contribution in [3.05, 3.63) is 38.3 Å². The number of nitrogens with one attached hydrogen (secondary N) is 1. The largest absolute Gasteiger partial charge is 0.309 e. The van der Waals surface area contributed by atoms with Crippen molar-refractivity contribution in [2.75, 3.05) is 13.1 Å². The molecule has 0 spiro atoms. The van der Waals surface area contributed by atoms with Crippen molar-refractivity contribution in [3.8, 4) is 0 Å². The van der Waals surface area contributed by atoms with Gasteiger partial charge in [0.25, 0.3) is 5.56 Å². The highest BCUT2D eigenvalue weighted by molar-refractivity contribution is 9.10. The molecule has 1 aromatic heterocycles. The Kier molecular flexibility index (Phi) is 6.39. The van der Waals surface area contributed by atoms with Crippen molar-refractivity contribution in [1.82, 2.24) is 19.8 Å². The molecule has 2 aromatic rings. The zero-order valence-electron chi connectivity index (χ0n) is 17.1. The highest BCUT2D eigenvalue weighted by Crippen LogP contribution is 2.29. The molecule has 0 amide bonds. The first-order valence-corrected chi connectivity index (χ1v) is 10.9. The number of piperazine rings is 1. The molecule has 1 N–H and O–H groups in total. The van der Waals surface area contributed by atoms with Gasteiger partial charge in [-0.25, -0.2) is 4.98 Å². The van der Waals surface area contributed by atoms with Gasteiger partial charge in [-0.05, 0) is 51.8 Å². The molecule has 0 aliphatic carbocycles. The van der Waals surface area contributed by atoms with Crippen LogP contribution in [0.25, 0.3) is 10.9 Å². The normalized spacial score (nSPS) is 22.3. The van der Waals surface area contributed by atoms with Crippen LogP contribution in [-0.2, 0) is 6.54 Å². The van der Waals surface area contributed by atoms with Gasteiger partial charge in [0.2, 0.25) is 0 Å². The minimum atomic E-state index is 0.0774. The molecule has 1 aliphatic rings. The third kappa shape index (κ3) is 3.98. The summed E-state index contributed by atoms with van der Waals surface area (Å²) in [7, 11) is 0. The molecule has 27 heavy (non-hydrogen) atoms. The van der Waals surface area contributed by atoms with Gasteiger partial charge in [-0.2, -0.15) is 0 Å². The third-order valence-corrected chi connectivity index (χ3v) is 6.41. The highest BCUT2D eigenvalue weighted by Gasteiger charge is 2.30. The summed E-state index contributed by atoms with van der Waals surface area (Å²) in [5.74, 6) is 0.917. The molecular formula is C21H31BrN4O. The van der Waals surface area contributed by atoms with Gasteiger partial charge in [-0.3, -0.25) is 14.3 Å². The molecule has 3 atom stereocenters. The zero-order chi connectivity index (χ0) is 19.7. The Balaban J connectivity index is 2.17. The number of halogens is 1. The van der Waals surface area contributed by atoms with Crippen LogP contribution in [0.4, 0.5) is 0 Å². The lowest BCUT2D eigenvalue weighted by atomic mass is 10.0. The fourth-order valence-electron chi connectivity index (χ4n) is 4.39. The molecule has 0 radical (unpaired) electrons. The van der Waals surface area contributed by atoms with Crippen molar-refractivity contribution < 1.29 is 0 Å². The van der Waals surface area contributed by atoms with Gasteiger partial charge in [0, 0.05) is 36.2 Å². The van der Waals surface area contributed by atoms with Crippen molar-refractivity contribution in [2.45, 2.75) is 72.1 Å². The van der Waals surface area contributed by atoms with Crippen LogP contribution >= 0.6 is 15.9 Å². The fourth-order valence-corrected chi connectivity index (χ4v) is 4.72. The lowest BCUT2D eigenvalue weighted by Gasteiger charge is -2.41. The summed E-state index contributed by atoms with van der Waals surface area (Å²) >= 11 is 3.55. The number of nitrogens with zero attached hydrogens (tertiary/aromatic N) is 3. The number of fused-ring (bicyclic) bond motifs is 1. The summed E-state index contributed by atoms with van der Waals surface area (Å²) in [6, 6.07) is 5.00. The topological polar surface area (TPSA) is 50.2 Å². The number of aryl methyl sites for hydroxylation is 1. The van der Waals surface area contributed by atoms with Crippen LogP contribution in [0.3, 0.4) is 0 Å². The summed E-state index contributed by atoms with van der Waals surface area (Å²) in [5.41, 5.74) is 1.85. The Hall–Kier alpha value is -1.24. The van der Waals surface area contributed by atoms with Crippen molar-refractivity contribution >= 4 is 26.8 Å². The number of benzene rings is 1. The van der Waals surface area contributed by atoms with Crippen LogP contribution in [0.5, 0.6) is 0 Å². The molecule has 3 rings (SSSR count). The van der Waals surface area contributed by atoms with E-state index in [0.717, 1.165) is 52.7 Å². The molecule has 0 bridgehead atoms. The fraction of sp³-hybridized carbons (Fsp3) is 0.619. The van der Waals surface area contributed by atoms with Gasteiger partial charge >= 0.3 is 0 Å². The van der Waals surface area contributed by atoms with E-state index in [1.165, 1.54) is 0 Å². The van der Waals surface area contributed by atoms with Gasteiger partial charge in [-0.15, -0.1) is 0 Å². The first-order chi connectivity index (χ1) is 12.9. The van der Waals surface area contributed by atoms with Crippen LogP contribution < -0.4 is 10.9 Å². The average molecular weight is 435 g/mol. The molecular weight excluding hydrogens is 404 g/mol. The van der Waals surface area contributed by atoms with E-state index >= 15 is 0 Å². The Morgan fingerprint density at radius 3 is 2.52 bits per heavy atom. The van der Waals surface area contributed by atoms with Crippen molar-refractivity contribution in [3.63, 3.8) is 0 Å². The maximum Gasteiger partial charge on any atom is 0.261 e. The van der Waals surface area contributed by atoms with Gasteiger partial charge in [0.15, 0.2) is 0 Å². The Morgan fingerprint density at radius 1 is 1.26 bits per heavy atom. The smallest absolute Gasteiger partial charge is 0.261 e. The number of rotatable bonds is 5. The van der Waals surface area contributed by atoms with E-state index in [-0.39, 0.29) is 11.6 Å². The van der Waals surface area contributed by atoms with Gasteiger partial charge < -0.3 is 5.32 Å². The molecule has 1 fully saturated rings. The highest BCUT2D eigenvalue weighted by atomic mass is 79.9. The van der Waals surface area contributed by atoms with E-state index in [1.54, 1.807) is 0 Å². The molecule has 6 heteroatoms. The second kappa shape index (κ2) is 8.41. The Morgan fingerprint density at radius 2 is 1.93 bits per heavy atom. The summed E-state index contributed by atoms with van der Waals surface area (Å²) in [4.78, 5) is 20.9. The van der Waals surface area contributed by atoms with Crippen LogP contribution in [0, 0.1) is 6.92 Å². The predicted molar refractivity (Wildman–Crippen MR) is 115 cm³/mol. The minimum absolute atomic E-state index is 0.0774. The van der Waals surface area contributed by atoms with E-state index in [1.807, 2.05) is 30.5 Å².